The maximum Gasteiger partial charge on any atom is 0.223 e. The highest BCUT2D eigenvalue weighted by Crippen LogP contribution is 2.46. The van der Waals surface area contributed by atoms with E-state index in [9.17, 15) is 18.7 Å². The molecule has 0 saturated heterocycles. The fourth-order valence-corrected chi connectivity index (χ4v) is 4.85. The molecule has 3 unspecified atom stereocenters. The highest BCUT2D eigenvalue weighted by Gasteiger charge is 2.51. The quantitative estimate of drug-likeness (QED) is 0.606. The lowest BCUT2D eigenvalue weighted by atomic mass is 9.83. The Morgan fingerprint density at radius 2 is 1.91 bits per heavy atom. The number of carbonyl (C=O) groups is 1. The second kappa shape index (κ2) is 9.27. The Bertz CT molecular complexity index is 1040. The molecule has 2 aromatic rings. The Hall–Kier alpha value is -2.51. The minimum atomic E-state index is -1.10. The summed E-state index contributed by atoms with van der Waals surface area (Å²) in [6.45, 7) is 4.38. The summed E-state index contributed by atoms with van der Waals surface area (Å²) >= 11 is 0. The summed E-state index contributed by atoms with van der Waals surface area (Å²) in [4.78, 5) is 14.2. The molecule has 0 spiro atoms. The first-order chi connectivity index (χ1) is 16.3. The first-order valence-corrected chi connectivity index (χ1v) is 12.1. The van der Waals surface area contributed by atoms with Gasteiger partial charge in [-0.05, 0) is 60.6 Å². The molecule has 7 heteroatoms. The van der Waals surface area contributed by atoms with Crippen LogP contribution in [-0.2, 0) is 24.4 Å². The van der Waals surface area contributed by atoms with E-state index in [-0.39, 0.29) is 17.7 Å². The van der Waals surface area contributed by atoms with Gasteiger partial charge >= 0.3 is 0 Å². The van der Waals surface area contributed by atoms with E-state index >= 15 is 0 Å². The Morgan fingerprint density at radius 1 is 1.21 bits per heavy atom. The van der Waals surface area contributed by atoms with Gasteiger partial charge in [0.15, 0.2) is 0 Å². The van der Waals surface area contributed by atoms with Crippen LogP contribution in [0.2, 0.25) is 0 Å². The molecule has 2 fully saturated rings. The van der Waals surface area contributed by atoms with E-state index in [0.717, 1.165) is 28.8 Å². The van der Waals surface area contributed by atoms with E-state index in [1.54, 1.807) is 6.92 Å². The maximum atomic E-state index is 13.7. The van der Waals surface area contributed by atoms with Crippen molar-refractivity contribution in [2.75, 3.05) is 13.2 Å². The number of nitrogens with zero attached hydrogens (tertiary/aromatic N) is 1. The molecule has 3 atom stereocenters. The van der Waals surface area contributed by atoms with E-state index < -0.39 is 17.9 Å². The van der Waals surface area contributed by atoms with Gasteiger partial charge in [0.05, 0.1) is 12.7 Å². The van der Waals surface area contributed by atoms with E-state index in [4.69, 9.17) is 4.74 Å². The number of hydrogen-bond donors (Lipinski definition) is 2. The highest BCUT2D eigenvalue weighted by molar-refractivity contribution is 5.79. The van der Waals surface area contributed by atoms with Gasteiger partial charge in [-0.3, -0.25) is 9.69 Å². The smallest absolute Gasteiger partial charge is 0.223 e. The van der Waals surface area contributed by atoms with Crippen molar-refractivity contribution in [2.45, 2.75) is 63.8 Å². The van der Waals surface area contributed by atoms with Crippen LogP contribution in [0.3, 0.4) is 0 Å². The van der Waals surface area contributed by atoms with E-state index in [2.05, 4.69) is 10.2 Å². The minimum Gasteiger partial charge on any atom is -0.493 e. The van der Waals surface area contributed by atoms with Crippen molar-refractivity contribution in [3.8, 4) is 5.75 Å². The molecule has 0 aromatic heterocycles. The number of rotatable bonds is 8. The van der Waals surface area contributed by atoms with Crippen molar-refractivity contribution in [1.29, 1.82) is 0 Å². The number of fused-ring (bicyclic) bond motifs is 1. The van der Waals surface area contributed by atoms with Gasteiger partial charge in [0.1, 0.15) is 17.6 Å². The van der Waals surface area contributed by atoms with Gasteiger partial charge < -0.3 is 15.2 Å². The molecule has 5 rings (SSSR count). The molecule has 1 heterocycles. The summed E-state index contributed by atoms with van der Waals surface area (Å²) in [5.41, 5.74) is 2.98. The second-order valence-electron chi connectivity index (χ2n) is 10.3. The number of alkyl halides is 2. The molecule has 2 N–H and O–H groups in total. The van der Waals surface area contributed by atoms with Crippen molar-refractivity contribution < 1.29 is 23.4 Å². The number of benzene rings is 2. The molecule has 1 amide bonds. The van der Waals surface area contributed by atoms with Crippen LogP contribution >= 0.6 is 0 Å². The topological polar surface area (TPSA) is 61.8 Å². The molecule has 3 aliphatic rings. The predicted molar refractivity (Wildman–Crippen MR) is 125 cm³/mol. The van der Waals surface area contributed by atoms with E-state index in [0.29, 0.717) is 51.3 Å². The summed E-state index contributed by atoms with van der Waals surface area (Å²) in [5.74, 6) is 0.382. The van der Waals surface area contributed by atoms with Gasteiger partial charge in [-0.15, -0.1) is 0 Å². The Morgan fingerprint density at radius 3 is 2.59 bits per heavy atom. The van der Waals surface area contributed by atoms with E-state index in [1.807, 2.05) is 42.5 Å². The molecule has 0 radical (unpaired) electrons. The number of ether oxygens (including phenoxy) is 1. The van der Waals surface area contributed by atoms with Crippen molar-refractivity contribution >= 4 is 5.91 Å². The Kier molecular flexibility index (Phi) is 6.34. The van der Waals surface area contributed by atoms with Gasteiger partial charge in [0, 0.05) is 38.0 Å². The zero-order valence-electron chi connectivity index (χ0n) is 19.5. The van der Waals surface area contributed by atoms with Crippen LogP contribution in [0.5, 0.6) is 5.75 Å². The average molecular weight is 471 g/mol. The monoisotopic (exact) mass is 470 g/mol. The van der Waals surface area contributed by atoms with Crippen molar-refractivity contribution in [1.82, 2.24) is 10.2 Å². The molecular weight excluding hydrogens is 438 g/mol. The third-order valence-electron chi connectivity index (χ3n) is 7.44. The lowest BCUT2D eigenvalue weighted by molar-refractivity contribution is -0.129. The second-order valence-corrected chi connectivity index (χ2v) is 10.3. The van der Waals surface area contributed by atoms with Gasteiger partial charge in [0.25, 0.3) is 0 Å². The molecular formula is C27H32F2N2O3. The third-order valence-corrected chi connectivity index (χ3v) is 7.44. The average Bonchev–Trinajstić information content (AvgIpc) is 3.41. The van der Waals surface area contributed by atoms with Crippen LogP contribution in [-0.4, -0.2) is 40.9 Å². The molecule has 1 aliphatic heterocycles. The zero-order chi connectivity index (χ0) is 23.9. The fraction of sp³-hybridized carbons (Fsp3) is 0.519. The lowest BCUT2D eigenvalue weighted by Gasteiger charge is -2.32. The summed E-state index contributed by atoms with van der Waals surface area (Å²) in [6, 6.07) is 13.8. The first kappa shape index (κ1) is 23.2. The molecule has 5 nitrogen and oxygen atoms in total. The molecule has 182 valence electrons. The van der Waals surface area contributed by atoms with Crippen LogP contribution in [0.25, 0.3) is 0 Å². The van der Waals surface area contributed by atoms with Crippen molar-refractivity contribution in [3.63, 3.8) is 0 Å². The summed E-state index contributed by atoms with van der Waals surface area (Å²) in [7, 11) is 0. The third kappa shape index (κ3) is 5.26. The number of aliphatic hydroxyl groups excluding tert-OH is 1. The fourth-order valence-electron chi connectivity index (χ4n) is 4.85. The number of aliphatic hydroxyl groups is 1. The van der Waals surface area contributed by atoms with Gasteiger partial charge in [-0.1, -0.05) is 30.3 Å². The number of nitrogens with one attached hydrogen (secondary N) is 1. The first-order valence-electron chi connectivity index (χ1n) is 12.1. The predicted octanol–water partition coefficient (Wildman–Crippen LogP) is 4.23. The number of halogens is 2. The molecule has 2 aliphatic carbocycles. The number of hydrogen-bond acceptors (Lipinski definition) is 4. The van der Waals surface area contributed by atoms with Crippen molar-refractivity contribution in [3.05, 3.63) is 64.7 Å². The Labute approximate surface area is 199 Å². The normalized spacial score (nSPS) is 30.2. The van der Waals surface area contributed by atoms with Crippen LogP contribution in [0.4, 0.5) is 8.78 Å². The summed E-state index contributed by atoms with van der Waals surface area (Å²) in [6.07, 6.45) is -0.213. The van der Waals surface area contributed by atoms with Crippen LogP contribution in [0, 0.1) is 11.8 Å². The SMILES string of the molecule is CC1(F)CC1COc1ccc2c(c1)C(O)CN(Cc1ccc(CNC(=O)C3CC(F)C3)cc1)C2. The standard InChI is InChI=1S/C27H32F2N2O3/c1-27(29)11-21(27)16-34-23-7-6-19-14-31(15-25(32)24(19)10-23)13-18-4-2-17(3-5-18)12-30-26(33)20-8-22(28)9-20/h2-7,10,20-22,25,32H,8-9,11-16H2,1H3,(H,30,33). The zero-order valence-corrected chi connectivity index (χ0v) is 19.5. The summed E-state index contributed by atoms with van der Waals surface area (Å²) < 4.78 is 32.4. The molecule has 2 saturated carbocycles. The minimum absolute atomic E-state index is 0.0431. The summed E-state index contributed by atoms with van der Waals surface area (Å²) in [5, 5.41) is 13.6. The van der Waals surface area contributed by atoms with Gasteiger partial charge in [-0.25, -0.2) is 8.78 Å². The van der Waals surface area contributed by atoms with Crippen LogP contribution in [0.15, 0.2) is 42.5 Å². The largest absolute Gasteiger partial charge is 0.493 e. The number of amides is 1. The van der Waals surface area contributed by atoms with Crippen molar-refractivity contribution in [2.24, 2.45) is 11.8 Å². The van der Waals surface area contributed by atoms with E-state index in [1.165, 1.54) is 0 Å². The molecule has 34 heavy (non-hydrogen) atoms. The van der Waals surface area contributed by atoms with Crippen LogP contribution < -0.4 is 10.1 Å². The van der Waals surface area contributed by atoms with Gasteiger partial charge in [-0.2, -0.15) is 0 Å². The van der Waals surface area contributed by atoms with Gasteiger partial charge in [0.2, 0.25) is 5.91 Å². The van der Waals surface area contributed by atoms with Crippen LogP contribution in [0.1, 0.15) is 54.5 Å². The highest BCUT2D eigenvalue weighted by atomic mass is 19.1. The number of carbonyl (C=O) groups excluding carboxylic acids is 1. The lowest BCUT2D eigenvalue weighted by Crippen LogP contribution is -2.39. The Balaban J connectivity index is 1.12. The maximum absolute atomic E-state index is 13.7. The molecule has 2 aromatic carbocycles. The number of β-amino-alcohol motifs (C(OH)–C–C–N with tert-alkyl or cyclic N) is 1. The molecule has 0 bridgehead atoms.